The number of sulfone groups is 1. The maximum atomic E-state index is 12.8. The topological polar surface area (TPSA) is 101 Å². The minimum absolute atomic E-state index is 0.0324. The normalized spacial score (nSPS) is 17.1. The molecule has 0 spiro atoms. The van der Waals surface area contributed by atoms with Crippen LogP contribution in [0.5, 0.6) is 0 Å². The number of hydrogen-bond acceptors (Lipinski definition) is 5. The van der Waals surface area contributed by atoms with Crippen LogP contribution in [0.3, 0.4) is 0 Å². The van der Waals surface area contributed by atoms with Crippen LogP contribution in [0.25, 0.3) is 5.69 Å². The Morgan fingerprint density at radius 1 is 1.18 bits per heavy atom. The number of hydrogen-bond donors (Lipinski definition) is 1. The van der Waals surface area contributed by atoms with Gasteiger partial charge in [-0.1, -0.05) is 31.5 Å². The molecule has 1 aromatic heterocycles. The van der Waals surface area contributed by atoms with Crippen molar-refractivity contribution in [2.75, 3.05) is 24.6 Å². The highest BCUT2D eigenvalue weighted by Gasteiger charge is 2.30. The van der Waals surface area contributed by atoms with Crippen LogP contribution in [0.2, 0.25) is 0 Å². The summed E-state index contributed by atoms with van der Waals surface area (Å²) in [4.78, 5) is 26.9. The van der Waals surface area contributed by atoms with E-state index in [-0.39, 0.29) is 36.4 Å². The second kappa shape index (κ2) is 8.55. The van der Waals surface area contributed by atoms with E-state index in [2.05, 4.69) is 10.4 Å². The van der Waals surface area contributed by atoms with Gasteiger partial charge in [-0.05, 0) is 18.6 Å². The number of carbonyl (C=O) groups is 2. The van der Waals surface area contributed by atoms with Crippen LogP contribution in [0.1, 0.15) is 30.1 Å². The average Bonchev–Trinajstić information content (AvgIpc) is 3.18. The van der Waals surface area contributed by atoms with Gasteiger partial charge in [0.25, 0.3) is 5.91 Å². The Kier molecular flexibility index (Phi) is 6.13. The Morgan fingerprint density at radius 2 is 1.86 bits per heavy atom. The Hall–Kier alpha value is -2.68. The smallest absolute Gasteiger partial charge is 0.255 e. The molecule has 28 heavy (non-hydrogen) atoms. The molecular weight excluding hydrogens is 380 g/mol. The number of amides is 2. The van der Waals surface area contributed by atoms with Gasteiger partial charge in [0.05, 0.1) is 29.0 Å². The number of aromatic nitrogens is 2. The first kappa shape index (κ1) is 20.1. The molecule has 2 amide bonds. The number of nitrogens with zero attached hydrogens (tertiary/aromatic N) is 3. The van der Waals surface area contributed by atoms with Gasteiger partial charge >= 0.3 is 0 Å². The predicted octanol–water partition coefficient (Wildman–Crippen LogP) is 1.03. The fraction of sp³-hybridized carbons (Fsp3) is 0.421. The van der Waals surface area contributed by atoms with Crippen LogP contribution < -0.4 is 5.32 Å². The summed E-state index contributed by atoms with van der Waals surface area (Å²) in [6, 6.07) is 8.73. The third-order valence-electron chi connectivity index (χ3n) is 4.70. The molecule has 0 saturated carbocycles. The van der Waals surface area contributed by atoms with Crippen molar-refractivity contribution in [3.63, 3.8) is 0 Å². The largest absolute Gasteiger partial charge is 0.340 e. The van der Waals surface area contributed by atoms with Crippen molar-refractivity contribution < 1.29 is 18.0 Å². The Labute approximate surface area is 164 Å². The summed E-state index contributed by atoms with van der Waals surface area (Å²) in [5, 5.41) is 6.99. The Balaban J connectivity index is 1.68. The number of rotatable bonds is 6. The molecule has 1 atom stereocenters. The zero-order chi connectivity index (χ0) is 20.1. The molecule has 150 valence electrons. The van der Waals surface area contributed by atoms with Crippen LogP contribution in [0.4, 0.5) is 0 Å². The van der Waals surface area contributed by atoms with E-state index in [0.717, 1.165) is 5.69 Å². The monoisotopic (exact) mass is 404 g/mol. The van der Waals surface area contributed by atoms with Crippen molar-refractivity contribution in [2.24, 2.45) is 0 Å². The SMILES string of the molecule is CCC[C@H](NC(=O)c1cnn(-c2ccccc2)c1)C(=O)N1CCS(=O)(=O)CC1. The van der Waals surface area contributed by atoms with E-state index in [1.54, 1.807) is 10.9 Å². The molecule has 1 aliphatic rings. The zero-order valence-electron chi connectivity index (χ0n) is 15.7. The minimum atomic E-state index is -3.07. The van der Waals surface area contributed by atoms with Gasteiger partial charge in [0, 0.05) is 19.3 Å². The molecule has 2 heterocycles. The van der Waals surface area contributed by atoms with Crippen molar-refractivity contribution >= 4 is 21.7 Å². The van der Waals surface area contributed by atoms with Gasteiger partial charge in [-0.2, -0.15) is 5.10 Å². The minimum Gasteiger partial charge on any atom is -0.340 e. The zero-order valence-corrected chi connectivity index (χ0v) is 16.6. The molecule has 0 radical (unpaired) electrons. The van der Waals surface area contributed by atoms with Gasteiger partial charge < -0.3 is 10.2 Å². The van der Waals surface area contributed by atoms with E-state index in [0.29, 0.717) is 18.4 Å². The third kappa shape index (κ3) is 4.78. The quantitative estimate of drug-likeness (QED) is 0.775. The van der Waals surface area contributed by atoms with Gasteiger partial charge in [-0.15, -0.1) is 0 Å². The van der Waals surface area contributed by atoms with Gasteiger partial charge in [0.2, 0.25) is 5.91 Å². The lowest BCUT2D eigenvalue weighted by Crippen LogP contribution is -2.52. The highest BCUT2D eigenvalue weighted by Crippen LogP contribution is 2.11. The fourth-order valence-corrected chi connectivity index (χ4v) is 4.30. The van der Waals surface area contributed by atoms with Crippen molar-refractivity contribution in [3.8, 4) is 5.69 Å². The second-order valence-electron chi connectivity index (χ2n) is 6.80. The lowest BCUT2D eigenvalue weighted by molar-refractivity contribution is -0.133. The maximum Gasteiger partial charge on any atom is 0.255 e. The molecule has 0 bridgehead atoms. The molecule has 3 rings (SSSR count). The first-order chi connectivity index (χ1) is 13.4. The van der Waals surface area contributed by atoms with E-state index in [9.17, 15) is 18.0 Å². The van der Waals surface area contributed by atoms with Crippen molar-refractivity contribution in [1.82, 2.24) is 20.0 Å². The molecular formula is C19H24N4O4S. The number of para-hydroxylation sites is 1. The number of carbonyl (C=O) groups excluding carboxylic acids is 2. The lowest BCUT2D eigenvalue weighted by atomic mass is 10.1. The van der Waals surface area contributed by atoms with Crippen molar-refractivity contribution in [3.05, 3.63) is 48.3 Å². The summed E-state index contributed by atoms with van der Waals surface area (Å²) >= 11 is 0. The van der Waals surface area contributed by atoms with Crippen LogP contribution in [-0.2, 0) is 14.6 Å². The van der Waals surface area contributed by atoms with E-state index in [1.165, 1.54) is 11.1 Å². The summed E-state index contributed by atoms with van der Waals surface area (Å²) in [5.74, 6) is -0.677. The first-order valence-corrected chi connectivity index (χ1v) is 11.1. The molecule has 2 aromatic rings. The summed E-state index contributed by atoms with van der Waals surface area (Å²) in [7, 11) is -3.07. The predicted molar refractivity (Wildman–Crippen MR) is 105 cm³/mol. The molecule has 0 unspecified atom stereocenters. The van der Waals surface area contributed by atoms with E-state index in [1.807, 2.05) is 37.3 Å². The average molecular weight is 404 g/mol. The summed E-state index contributed by atoms with van der Waals surface area (Å²) in [5.41, 5.74) is 1.19. The Bertz CT molecular complexity index is 926. The van der Waals surface area contributed by atoms with Crippen LogP contribution >= 0.6 is 0 Å². The van der Waals surface area contributed by atoms with Gasteiger partial charge in [-0.25, -0.2) is 13.1 Å². The highest BCUT2D eigenvalue weighted by atomic mass is 32.2. The van der Waals surface area contributed by atoms with Crippen LogP contribution in [0, 0.1) is 0 Å². The summed E-state index contributed by atoms with van der Waals surface area (Å²) in [6.45, 7) is 2.27. The molecule has 0 aliphatic carbocycles. The van der Waals surface area contributed by atoms with Crippen LogP contribution in [0.15, 0.2) is 42.7 Å². The van der Waals surface area contributed by atoms with Crippen molar-refractivity contribution in [2.45, 2.75) is 25.8 Å². The second-order valence-corrected chi connectivity index (χ2v) is 9.10. The number of benzene rings is 1. The number of nitrogens with one attached hydrogen (secondary N) is 1. The van der Waals surface area contributed by atoms with Gasteiger partial charge in [0.1, 0.15) is 6.04 Å². The Morgan fingerprint density at radius 3 is 2.50 bits per heavy atom. The summed E-state index contributed by atoms with van der Waals surface area (Å²) < 4.78 is 24.8. The van der Waals surface area contributed by atoms with Crippen molar-refractivity contribution in [1.29, 1.82) is 0 Å². The van der Waals surface area contributed by atoms with E-state index >= 15 is 0 Å². The summed E-state index contributed by atoms with van der Waals surface area (Å²) in [6.07, 6.45) is 4.28. The molecule has 1 aliphatic heterocycles. The van der Waals surface area contributed by atoms with Gasteiger partial charge in [-0.3, -0.25) is 9.59 Å². The third-order valence-corrected chi connectivity index (χ3v) is 6.31. The van der Waals surface area contributed by atoms with Gasteiger partial charge in [0.15, 0.2) is 9.84 Å². The molecule has 9 heteroatoms. The highest BCUT2D eigenvalue weighted by molar-refractivity contribution is 7.91. The lowest BCUT2D eigenvalue weighted by Gasteiger charge is -2.30. The molecule has 1 fully saturated rings. The molecule has 8 nitrogen and oxygen atoms in total. The molecule has 1 saturated heterocycles. The van der Waals surface area contributed by atoms with E-state index < -0.39 is 15.9 Å². The maximum absolute atomic E-state index is 12.8. The molecule has 1 N–H and O–H groups in total. The van der Waals surface area contributed by atoms with Crippen LogP contribution in [-0.4, -0.2) is 65.5 Å². The van der Waals surface area contributed by atoms with E-state index in [4.69, 9.17) is 0 Å². The molecule has 1 aromatic carbocycles. The fourth-order valence-electron chi connectivity index (χ4n) is 3.10. The standard InChI is InChI=1S/C19H24N4O4S/c1-2-6-17(19(25)22-9-11-28(26,27)12-10-22)21-18(24)15-13-20-23(14-15)16-7-4-3-5-8-16/h3-5,7-8,13-14,17H,2,6,9-12H2,1H3,(H,21,24)/t17-/m0/s1. The first-order valence-electron chi connectivity index (χ1n) is 9.30.